The lowest BCUT2D eigenvalue weighted by molar-refractivity contribution is 0.0734. The van der Waals surface area contributed by atoms with Crippen molar-refractivity contribution < 1.29 is 13.9 Å². The van der Waals surface area contributed by atoms with Gasteiger partial charge < -0.3 is 9.15 Å². The van der Waals surface area contributed by atoms with Crippen LogP contribution in [0.25, 0.3) is 22.3 Å². The van der Waals surface area contributed by atoms with E-state index < -0.39 is 5.97 Å². The van der Waals surface area contributed by atoms with E-state index in [1.165, 1.54) is 18.3 Å². The molecule has 0 saturated carbocycles. The third kappa shape index (κ3) is 3.10. The van der Waals surface area contributed by atoms with Crippen molar-refractivity contribution in [2.24, 2.45) is 0 Å². The molecular formula is C21H13NO4. The number of aromatic nitrogens is 1. The van der Waals surface area contributed by atoms with Crippen LogP contribution in [-0.2, 0) is 0 Å². The molecule has 0 spiro atoms. The molecule has 0 aliphatic rings. The van der Waals surface area contributed by atoms with Gasteiger partial charge in [0.15, 0.2) is 5.43 Å². The number of fused-ring (bicyclic) bond motifs is 1. The summed E-state index contributed by atoms with van der Waals surface area (Å²) in [5, 5.41) is 0.348. The Morgan fingerprint density at radius 2 is 1.81 bits per heavy atom. The molecule has 126 valence electrons. The Hall–Kier alpha value is -3.73. The molecule has 0 atom stereocenters. The van der Waals surface area contributed by atoms with Crippen molar-refractivity contribution in [3.63, 3.8) is 0 Å². The maximum absolute atomic E-state index is 12.5. The third-order valence-electron chi connectivity index (χ3n) is 3.86. The Kier molecular flexibility index (Phi) is 4.03. The molecule has 2 aromatic carbocycles. The lowest BCUT2D eigenvalue weighted by atomic mass is 10.1. The third-order valence-corrected chi connectivity index (χ3v) is 3.86. The fraction of sp³-hybridized carbons (Fsp3) is 0. The van der Waals surface area contributed by atoms with Crippen molar-refractivity contribution in [3.05, 3.63) is 94.9 Å². The van der Waals surface area contributed by atoms with Gasteiger partial charge in [-0.25, -0.2) is 4.79 Å². The largest absolute Gasteiger partial charge is 0.456 e. The van der Waals surface area contributed by atoms with Gasteiger partial charge in [0.1, 0.15) is 17.1 Å². The standard InChI is InChI=1S/C21H13NO4/c23-18-12-20(14-5-2-1-3-6-14)26-19-9-8-16(11-17(18)19)25-21(24)15-7-4-10-22-13-15/h1-13H. The predicted octanol–water partition coefficient (Wildman–Crippen LogP) is 4.07. The van der Waals surface area contributed by atoms with Crippen LogP contribution >= 0.6 is 0 Å². The molecule has 0 fully saturated rings. The van der Waals surface area contributed by atoms with Gasteiger partial charge in [0.2, 0.25) is 0 Å². The van der Waals surface area contributed by atoms with Gasteiger partial charge in [-0.1, -0.05) is 30.3 Å². The van der Waals surface area contributed by atoms with E-state index in [1.807, 2.05) is 30.3 Å². The minimum atomic E-state index is -0.539. The highest BCUT2D eigenvalue weighted by Gasteiger charge is 2.11. The van der Waals surface area contributed by atoms with Gasteiger partial charge in [-0.3, -0.25) is 9.78 Å². The van der Waals surface area contributed by atoms with Gasteiger partial charge in [0.05, 0.1) is 10.9 Å². The molecule has 0 radical (unpaired) electrons. The number of carbonyl (C=O) groups is 1. The van der Waals surface area contributed by atoms with Gasteiger partial charge in [0.25, 0.3) is 0 Å². The van der Waals surface area contributed by atoms with E-state index in [0.29, 0.717) is 22.3 Å². The molecule has 2 aromatic heterocycles. The Morgan fingerprint density at radius 3 is 2.58 bits per heavy atom. The van der Waals surface area contributed by atoms with Crippen molar-refractivity contribution in [2.45, 2.75) is 0 Å². The van der Waals surface area contributed by atoms with E-state index in [9.17, 15) is 9.59 Å². The molecule has 0 amide bonds. The summed E-state index contributed by atoms with van der Waals surface area (Å²) in [7, 11) is 0. The molecule has 0 unspecified atom stereocenters. The highest BCUT2D eigenvalue weighted by Crippen LogP contribution is 2.24. The maximum atomic E-state index is 12.5. The normalized spacial score (nSPS) is 10.6. The van der Waals surface area contributed by atoms with Crippen molar-refractivity contribution in [3.8, 4) is 17.1 Å². The number of nitrogens with zero attached hydrogens (tertiary/aromatic N) is 1. The maximum Gasteiger partial charge on any atom is 0.345 e. The van der Waals surface area contributed by atoms with Crippen LogP contribution in [0.2, 0.25) is 0 Å². The summed E-state index contributed by atoms with van der Waals surface area (Å²) in [6, 6.07) is 18.8. The molecule has 26 heavy (non-hydrogen) atoms. The van der Waals surface area contributed by atoms with Crippen LogP contribution in [0.4, 0.5) is 0 Å². The van der Waals surface area contributed by atoms with Gasteiger partial charge in [-0.05, 0) is 30.3 Å². The predicted molar refractivity (Wildman–Crippen MR) is 97.1 cm³/mol. The molecule has 0 aliphatic carbocycles. The van der Waals surface area contributed by atoms with E-state index in [4.69, 9.17) is 9.15 Å². The Bertz CT molecular complexity index is 1130. The molecule has 5 heteroatoms. The van der Waals surface area contributed by atoms with Gasteiger partial charge >= 0.3 is 5.97 Å². The number of esters is 1. The highest BCUT2D eigenvalue weighted by atomic mass is 16.5. The molecule has 0 saturated heterocycles. The average molecular weight is 343 g/mol. The van der Waals surface area contributed by atoms with Crippen molar-refractivity contribution in [1.82, 2.24) is 4.98 Å². The summed E-state index contributed by atoms with van der Waals surface area (Å²) < 4.78 is 11.1. The number of hydrogen-bond donors (Lipinski definition) is 0. The first-order chi connectivity index (χ1) is 12.7. The molecule has 4 rings (SSSR count). The summed E-state index contributed by atoms with van der Waals surface area (Å²) in [6.45, 7) is 0. The zero-order chi connectivity index (χ0) is 17.9. The van der Waals surface area contributed by atoms with E-state index >= 15 is 0 Å². The van der Waals surface area contributed by atoms with Crippen molar-refractivity contribution in [1.29, 1.82) is 0 Å². The Labute approximate surface area is 148 Å². The number of benzene rings is 2. The second-order valence-electron chi connectivity index (χ2n) is 5.63. The lowest BCUT2D eigenvalue weighted by Gasteiger charge is -2.06. The molecule has 4 aromatic rings. The van der Waals surface area contributed by atoms with Crippen LogP contribution in [0.3, 0.4) is 0 Å². The quantitative estimate of drug-likeness (QED) is 0.414. The SMILES string of the molecule is O=C(Oc1ccc2oc(-c3ccccc3)cc(=O)c2c1)c1cccnc1. The summed E-state index contributed by atoms with van der Waals surface area (Å²) in [6.07, 6.45) is 2.99. The smallest absolute Gasteiger partial charge is 0.345 e. The van der Waals surface area contributed by atoms with E-state index in [0.717, 1.165) is 5.56 Å². The first-order valence-electron chi connectivity index (χ1n) is 7.96. The van der Waals surface area contributed by atoms with Crippen molar-refractivity contribution >= 4 is 16.9 Å². The van der Waals surface area contributed by atoms with E-state index in [-0.39, 0.29) is 11.2 Å². The second-order valence-corrected chi connectivity index (χ2v) is 5.63. The summed E-state index contributed by atoms with van der Waals surface area (Å²) in [5.41, 5.74) is 1.37. The summed E-state index contributed by atoms with van der Waals surface area (Å²) >= 11 is 0. The minimum absolute atomic E-state index is 0.204. The molecule has 5 nitrogen and oxygen atoms in total. The van der Waals surface area contributed by atoms with E-state index in [1.54, 1.807) is 30.5 Å². The van der Waals surface area contributed by atoms with Crippen LogP contribution in [0.15, 0.2) is 88.3 Å². The Morgan fingerprint density at radius 1 is 0.962 bits per heavy atom. The average Bonchev–Trinajstić information content (AvgIpc) is 2.69. The molecular weight excluding hydrogens is 330 g/mol. The fourth-order valence-corrected chi connectivity index (χ4v) is 2.59. The fourth-order valence-electron chi connectivity index (χ4n) is 2.59. The number of ether oxygens (including phenoxy) is 1. The molecule has 0 N–H and O–H groups in total. The summed E-state index contributed by atoms with van der Waals surface area (Å²) in [4.78, 5) is 28.5. The molecule has 0 bridgehead atoms. The molecule has 2 heterocycles. The van der Waals surface area contributed by atoms with Gasteiger partial charge in [-0.15, -0.1) is 0 Å². The highest BCUT2D eigenvalue weighted by molar-refractivity contribution is 5.91. The number of carbonyl (C=O) groups excluding carboxylic acids is 1. The topological polar surface area (TPSA) is 69.4 Å². The number of rotatable bonds is 3. The zero-order valence-electron chi connectivity index (χ0n) is 13.6. The first-order valence-corrected chi connectivity index (χ1v) is 7.96. The number of hydrogen-bond acceptors (Lipinski definition) is 5. The number of pyridine rings is 1. The van der Waals surface area contributed by atoms with Crippen molar-refractivity contribution in [2.75, 3.05) is 0 Å². The van der Waals surface area contributed by atoms with Gasteiger partial charge in [0, 0.05) is 24.0 Å². The Balaban J connectivity index is 1.69. The minimum Gasteiger partial charge on any atom is -0.456 e. The van der Waals surface area contributed by atoms with Crippen LogP contribution in [0, 0.1) is 0 Å². The second kappa shape index (κ2) is 6.64. The van der Waals surface area contributed by atoms with Crippen LogP contribution < -0.4 is 10.2 Å². The van der Waals surface area contributed by atoms with Crippen LogP contribution in [-0.4, -0.2) is 11.0 Å². The summed E-state index contributed by atoms with van der Waals surface area (Å²) in [5.74, 6) is 0.220. The first kappa shape index (κ1) is 15.8. The van der Waals surface area contributed by atoms with Gasteiger partial charge in [-0.2, -0.15) is 0 Å². The van der Waals surface area contributed by atoms with E-state index in [2.05, 4.69) is 4.98 Å². The molecule has 0 aliphatic heterocycles. The zero-order valence-corrected chi connectivity index (χ0v) is 13.6. The lowest BCUT2D eigenvalue weighted by Crippen LogP contribution is -2.09. The monoisotopic (exact) mass is 343 g/mol. The van der Waals surface area contributed by atoms with Crippen LogP contribution in [0.5, 0.6) is 5.75 Å². The van der Waals surface area contributed by atoms with Crippen LogP contribution in [0.1, 0.15) is 10.4 Å².